The summed E-state index contributed by atoms with van der Waals surface area (Å²) in [6.07, 6.45) is 11.4. The Kier molecular flexibility index (Phi) is 5.24. The molecule has 3 heterocycles. The van der Waals surface area contributed by atoms with E-state index in [0.717, 1.165) is 39.7 Å². The van der Waals surface area contributed by atoms with Crippen molar-refractivity contribution in [3.8, 4) is 11.1 Å². The van der Waals surface area contributed by atoms with Crippen LogP contribution in [0.2, 0.25) is 0 Å². The molecule has 0 unspecified atom stereocenters. The lowest BCUT2D eigenvalue weighted by atomic mass is 10.1. The van der Waals surface area contributed by atoms with Gasteiger partial charge in [0.05, 0.1) is 0 Å². The summed E-state index contributed by atoms with van der Waals surface area (Å²) in [5.74, 6) is -0.124. The quantitative estimate of drug-likeness (QED) is 0.506. The molecule has 0 bridgehead atoms. The Morgan fingerprint density at radius 3 is 2.82 bits per heavy atom. The fraction of sp³-hybridized carbons (Fsp3) is 0.0870. The maximum absolute atomic E-state index is 12.1. The number of carbonyl (C=O) groups is 1. The Balaban J connectivity index is 1.43. The molecule has 0 spiro atoms. The van der Waals surface area contributed by atoms with Gasteiger partial charge in [0, 0.05) is 48.4 Å². The molecule has 4 rings (SSSR count). The van der Waals surface area contributed by atoms with Crippen molar-refractivity contribution in [2.75, 3.05) is 6.54 Å². The zero-order chi connectivity index (χ0) is 19.2. The van der Waals surface area contributed by atoms with Crippen LogP contribution in [0.3, 0.4) is 0 Å². The number of nitrogens with one attached hydrogen (secondary N) is 2. The molecule has 0 aliphatic heterocycles. The number of hydrogen-bond donors (Lipinski definition) is 2. The number of aromatic amines is 1. The van der Waals surface area contributed by atoms with E-state index in [1.54, 1.807) is 24.5 Å². The minimum absolute atomic E-state index is 0.124. The van der Waals surface area contributed by atoms with Crippen molar-refractivity contribution in [1.29, 1.82) is 0 Å². The molecule has 4 aromatic rings. The SMILES string of the molecule is O=C(/C=C/c1cnc2[nH]cc(-c3ccccc3)c2c1)NCCc1cccnc1. The van der Waals surface area contributed by atoms with Gasteiger partial charge in [0.15, 0.2) is 0 Å². The molecule has 28 heavy (non-hydrogen) atoms. The van der Waals surface area contributed by atoms with Gasteiger partial charge in [-0.2, -0.15) is 0 Å². The van der Waals surface area contributed by atoms with E-state index in [0.29, 0.717) is 6.54 Å². The molecule has 2 N–H and O–H groups in total. The number of pyridine rings is 2. The Morgan fingerprint density at radius 2 is 2.00 bits per heavy atom. The van der Waals surface area contributed by atoms with E-state index in [1.807, 2.05) is 48.8 Å². The fourth-order valence-corrected chi connectivity index (χ4v) is 3.07. The minimum Gasteiger partial charge on any atom is -0.352 e. The van der Waals surface area contributed by atoms with E-state index in [-0.39, 0.29) is 5.91 Å². The highest BCUT2D eigenvalue weighted by Crippen LogP contribution is 2.28. The smallest absolute Gasteiger partial charge is 0.244 e. The molecule has 1 amide bonds. The van der Waals surface area contributed by atoms with Gasteiger partial charge in [-0.25, -0.2) is 4.98 Å². The van der Waals surface area contributed by atoms with Crippen molar-refractivity contribution in [2.24, 2.45) is 0 Å². The summed E-state index contributed by atoms with van der Waals surface area (Å²) >= 11 is 0. The number of H-pyrrole nitrogens is 1. The van der Waals surface area contributed by atoms with Crippen molar-refractivity contribution in [2.45, 2.75) is 6.42 Å². The van der Waals surface area contributed by atoms with Gasteiger partial charge in [0.2, 0.25) is 5.91 Å². The predicted octanol–water partition coefficient (Wildman–Crippen LogP) is 4.00. The predicted molar refractivity (Wildman–Crippen MR) is 112 cm³/mol. The summed E-state index contributed by atoms with van der Waals surface area (Å²) in [4.78, 5) is 23.8. The second-order valence-electron chi connectivity index (χ2n) is 6.47. The molecule has 1 aromatic carbocycles. The number of rotatable bonds is 6. The fourth-order valence-electron chi connectivity index (χ4n) is 3.07. The highest BCUT2D eigenvalue weighted by molar-refractivity contribution is 5.96. The topological polar surface area (TPSA) is 70.7 Å². The van der Waals surface area contributed by atoms with E-state index in [1.165, 1.54) is 0 Å². The van der Waals surface area contributed by atoms with E-state index < -0.39 is 0 Å². The summed E-state index contributed by atoms with van der Waals surface area (Å²) in [5, 5.41) is 3.92. The third-order valence-corrected chi connectivity index (χ3v) is 4.50. The molecule has 0 saturated heterocycles. The third kappa shape index (κ3) is 4.15. The molecule has 0 atom stereocenters. The zero-order valence-corrected chi connectivity index (χ0v) is 15.3. The monoisotopic (exact) mass is 368 g/mol. The standard InChI is InChI=1S/C23H20N4O/c28-22(25-12-10-17-5-4-11-24-14-17)9-8-18-13-20-21(16-27-23(20)26-15-18)19-6-2-1-3-7-19/h1-9,11,13-16H,10,12H2,(H,25,28)(H,26,27)/b9-8+. The lowest BCUT2D eigenvalue weighted by Crippen LogP contribution is -2.23. The third-order valence-electron chi connectivity index (χ3n) is 4.50. The minimum atomic E-state index is -0.124. The summed E-state index contributed by atoms with van der Waals surface area (Å²) < 4.78 is 0. The molecule has 0 fully saturated rings. The molecule has 0 aliphatic rings. The average molecular weight is 368 g/mol. The van der Waals surface area contributed by atoms with Gasteiger partial charge in [0.25, 0.3) is 0 Å². The van der Waals surface area contributed by atoms with Crippen LogP contribution < -0.4 is 5.32 Å². The van der Waals surface area contributed by atoms with Crippen LogP contribution >= 0.6 is 0 Å². The zero-order valence-electron chi connectivity index (χ0n) is 15.3. The summed E-state index contributed by atoms with van der Waals surface area (Å²) in [6, 6.07) is 16.1. The van der Waals surface area contributed by atoms with Gasteiger partial charge in [-0.15, -0.1) is 0 Å². The molecule has 0 aliphatic carbocycles. The Labute approximate surface area is 163 Å². The van der Waals surface area contributed by atoms with Gasteiger partial charge in [0.1, 0.15) is 5.65 Å². The lowest BCUT2D eigenvalue weighted by Gasteiger charge is -2.02. The van der Waals surface area contributed by atoms with Gasteiger partial charge < -0.3 is 10.3 Å². The first-order valence-electron chi connectivity index (χ1n) is 9.17. The van der Waals surface area contributed by atoms with Crippen LogP contribution in [0.25, 0.3) is 28.2 Å². The van der Waals surface area contributed by atoms with Crippen molar-refractivity contribution in [3.05, 3.63) is 90.5 Å². The van der Waals surface area contributed by atoms with Gasteiger partial charge in [-0.05, 0) is 41.3 Å². The number of benzene rings is 1. The molecule has 3 aromatic heterocycles. The van der Waals surface area contributed by atoms with E-state index in [2.05, 4.69) is 32.4 Å². The average Bonchev–Trinajstić information content (AvgIpc) is 3.17. The summed E-state index contributed by atoms with van der Waals surface area (Å²) in [6.45, 7) is 0.572. The van der Waals surface area contributed by atoms with Crippen molar-refractivity contribution in [3.63, 3.8) is 0 Å². The molecular weight excluding hydrogens is 348 g/mol. The highest BCUT2D eigenvalue weighted by Gasteiger charge is 2.07. The van der Waals surface area contributed by atoms with Gasteiger partial charge in [-0.3, -0.25) is 9.78 Å². The largest absolute Gasteiger partial charge is 0.352 e. The second-order valence-corrected chi connectivity index (χ2v) is 6.47. The number of hydrogen-bond acceptors (Lipinski definition) is 3. The van der Waals surface area contributed by atoms with Crippen molar-refractivity contribution in [1.82, 2.24) is 20.3 Å². The number of nitrogens with zero attached hydrogens (tertiary/aromatic N) is 2. The maximum Gasteiger partial charge on any atom is 0.244 e. The normalized spacial score (nSPS) is 11.1. The summed E-state index contributed by atoms with van der Waals surface area (Å²) in [7, 11) is 0. The van der Waals surface area contributed by atoms with Crippen molar-refractivity contribution >= 4 is 23.0 Å². The first-order valence-corrected chi connectivity index (χ1v) is 9.17. The second kappa shape index (κ2) is 8.31. The lowest BCUT2D eigenvalue weighted by molar-refractivity contribution is -0.116. The van der Waals surface area contributed by atoms with E-state index in [4.69, 9.17) is 0 Å². The Hall–Kier alpha value is -3.73. The molecule has 138 valence electrons. The number of aromatic nitrogens is 3. The summed E-state index contributed by atoms with van der Waals surface area (Å²) in [5.41, 5.74) is 5.04. The van der Waals surface area contributed by atoms with Crippen molar-refractivity contribution < 1.29 is 4.79 Å². The molecular formula is C23H20N4O. The molecule has 0 saturated carbocycles. The van der Waals surface area contributed by atoms with Crippen LogP contribution in [-0.2, 0) is 11.2 Å². The maximum atomic E-state index is 12.1. The first-order chi connectivity index (χ1) is 13.8. The van der Waals surface area contributed by atoms with Gasteiger partial charge >= 0.3 is 0 Å². The Bertz CT molecular complexity index is 1100. The molecule has 5 nitrogen and oxygen atoms in total. The van der Waals surface area contributed by atoms with Crippen LogP contribution in [-0.4, -0.2) is 27.4 Å². The van der Waals surface area contributed by atoms with Crippen LogP contribution in [0, 0.1) is 0 Å². The number of amides is 1. The Morgan fingerprint density at radius 1 is 1.11 bits per heavy atom. The first kappa shape index (κ1) is 17.7. The van der Waals surface area contributed by atoms with Crippen LogP contribution in [0.4, 0.5) is 0 Å². The van der Waals surface area contributed by atoms with Gasteiger partial charge in [-0.1, -0.05) is 36.4 Å². The van der Waals surface area contributed by atoms with E-state index in [9.17, 15) is 4.79 Å². The molecule has 0 radical (unpaired) electrons. The number of fused-ring (bicyclic) bond motifs is 1. The van der Waals surface area contributed by atoms with Crippen LogP contribution in [0.1, 0.15) is 11.1 Å². The van der Waals surface area contributed by atoms with Crippen LogP contribution in [0.5, 0.6) is 0 Å². The highest BCUT2D eigenvalue weighted by atomic mass is 16.1. The number of carbonyl (C=O) groups excluding carboxylic acids is 1. The van der Waals surface area contributed by atoms with E-state index >= 15 is 0 Å². The van der Waals surface area contributed by atoms with Crippen LogP contribution in [0.15, 0.2) is 79.4 Å². The molecule has 5 heteroatoms.